The zero-order valence-electron chi connectivity index (χ0n) is 11.2. The van der Waals surface area contributed by atoms with E-state index in [9.17, 15) is 4.39 Å². The van der Waals surface area contributed by atoms with E-state index >= 15 is 0 Å². The molecule has 0 saturated carbocycles. The molecule has 0 fully saturated rings. The van der Waals surface area contributed by atoms with Crippen LogP contribution in [0.3, 0.4) is 0 Å². The van der Waals surface area contributed by atoms with Crippen LogP contribution in [-0.2, 0) is 6.42 Å². The summed E-state index contributed by atoms with van der Waals surface area (Å²) in [4.78, 5) is 12.4. The first-order chi connectivity index (χ1) is 9.26. The van der Waals surface area contributed by atoms with Gasteiger partial charge in [-0.25, -0.2) is 14.4 Å². The standard InChI is InChI=1S/C14H17FN4/c1-3-5-12-13(10-6-11(15)8-16-7-10)18-9-19-14(12)17-4-2/h6-9H,3-5H2,1-2H3,(H,17,18,19). The minimum atomic E-state index is -0.358. The molecule has 0 amide bonds. The molecular formula is C14H17FN4. The number of hydrogen-bond acceptors (Lipinski definition) is 4. The van der Waals surface area contributed by atoms with Crippen LogP contribution in [0.2, 0.25) is 0 Å². The maximum absolute atomic E-state index is 13.3. The van der Waals surface area contributed by atoms with Gasteiger partial charge in [-0.15, -0.1) is 0 Å². The molecule has 0 saturated heterocycles. The van der Waals surface area contributed by atoms with Crippen LogP contribution in [0.15, 0.2) is 24.8 Å². The average Bonchev–Trinajstić information content (AvgIpc) is 2.41. The molecule has 2 rings (SSSR count). The summed E-state index contributed by atoms with van der Waals surface area (Å²) < 4.78 is 13.3. The summed E-state index contributed by atoms with van der Waals surface area (Å²) >= 11 is 0. The van der Waals surface area contributed by atoms with Crippen LogP contribution in [-0.4, -0.2) is 21.5 Å². The van der Waals surface area contributed by atoms with Crippen molar-refractivity contribution in [3.8, 4) is 11.3 Å². The van der Waals surface area contributed by atoms with Gasteiger partial charge in [-0.1, -0.05) is 13.3 Å². The Morgan fingerprint density at radius 2 is 2.05 bits per heavy atom. The van der Waals surface area contributed by atoms with Crippen LogP contribution in [0, 0.1) is 5.82 Å². The number of hydrogen-bond donors (Lipinski definition) is 1. The summed E-state index contributed by atoms with van der Waals surface area (Å²) in [5.74, 6) is 0.460. The topological polar surface area (TPSA) is 50.7 Å². The molecular weight excluding hydrogens is 243 g/mol. The van der Waals surface area contributed by atoms with Gasteiger partial charge in [0.1, 0.15) is 18.0 Å². The third-order valence-corrected chi connectivity index (χ3v) is 2.77. The third-order valence-electron chi connectivity index (χ3n) is 2.77. The van der Waals surface area contributed by atoms with Crippen molar-refractivity contribution in [2.75, 3.05) is 11.9 Å². The molecule has 0 aliphatic carbocycles. The molecule has 4 nitrogen and oxygen atoms in total. The van der Waals surface area contributed by atoms with Gasteiger partial charge in [-0.05, 0) is 19.4 Å². The van der Waals surface area contributed by atoms with Gasteiger partial charge < -0.3 is 5.32 Å². The van der Waals surface area contributed by atoms with Gasteiger partial charge in [0.25, 0.3) is 0 Å². The second-order valence-corrected chi connectivity index (χ2v) is 4.22. The van der Waals surface area contributed by atoms with Crippen molar-refractivity contribution in [2.24, 2.45) is 0 Å². The van der Waals surface area contributed by atoms with Gasteiger partial charge in [-0.2, -0.15) is 0 Å². The van der Waals surface area contributed by atoms with E-state index in [4.69, 9.17) is 0 Å². The van der Waals surface area contributed by atoms with E-state index in [-0.39, 0.29) is 5.82 Å². The Morgan fingerprint density at radius 1 is 1.21 bits per heavy atom. The zero-order chi connectivity index (χ0) is 13.7. The first kappa shape index (κ1) is 13.4. The van der Waals surface area contributed by atoms with E-state index in [0.29, 0.717) is 5.56 Å². The molecule has 100 valence electrons. The molecule has 0 aliphatic rings. The second-order valence-electron chi connectivity index (χ2n) is 4.22. The predicted molar refractivity (Wildman–Crippen MR) is 73.4 cm³/mol. The molecule has 0 unspecified atom stereocenters. The molecule has 19 heavy (non-hydrogen) atoms. The molecule has 0 radical (unpaired) electrons. The smallest absolute Gasteiger partial charge is 0.142 e. The molecule has 5 heteroatoms. The van der Waals surface area contributed by atoms with E-state index < -0.39 is 0 Å². The molecule has 2 aromatic rings. The molecule has 0 atom stereocenters. The van der Waals surface area contributed by atoms with Gasteiger partial charge in [0, 0.05) is 23.9 Å². The van der Waals surface area contributed by atoms with Gasteiger partial charge >= 0.3 is 0 Å². The van der Waals surface area contributed by atoms with Crippen molar-refractivity contribution in [1.29, 1.82) is 0 Å². The normalized spacial score (nSPS) is 10.5. The Kier molecular flexibility index (Phi) is 4.39. The van der Waals surface area contributed by atoms with E-state index in [2.05, 4.69) is 27.2 Å². The maximum atomic E-state index is 13.3. The second kappa shape index (κ2) is 6.22. The average molecular weight is 260 g/mol. The number of anilines is 1. The zero-order valence-corrected chi connectivity index (χ0v) is 11.2. The van der Waals surface area contributed by atoms with Gasteiger partial charge in [-0.3, -0.25) is 4.98 Å². The van der Waals surface area contributed by atoms with Crippen molar-refractivity contribution >= 4 is 5.82 Å². The number of rotatable bonds is 5. The first-order valence-corrected chi connectivity index (χ1v) is 6.45. The van der Waals surface area contributed by atoms with Crippen LogP contribution in [0.4, 0.5) is 10.2 Å². The Bertz CT molecular complexity index is 557. The lowest BCUT2D eigenvalue weighted by Crippen LogP contribution is -2.06. The maximum Gasteiger partial charge on any atom is 0.142 e. The highest BCUT2D eigenvalue weighted by molar-refractivity contribution is 5.67. The Balaban J connectivity index is 2.52. The van der Waals surface area contributed by atoms with Crippen LogP contribution in [0.5, 0.6) is 0 Å². The summed E-state index contributed by atoms with van der Waals surface area (Å²) in [6.45, 7) is 4.89. The Labute approximate surface area is 112 Å². The summed E-state index contributed by atoms with van der Waals surface area (Å²) in [6.07, 6.45) is 6.13. The lowest BCUT2D eigenvalue weighted by Gasteiger charge is -2.13. The molecule has 0 aliphatic heterocycles. The number of nitrogens with one attached hydrogen (secondary N) is 1. The lowest BCUT2D eigenvalue weighted by atomic mass is 10.0. The predicted octanol–water partition coefficient (Wildman–Crippen LogP) is 3.06. The van der Waals surface area contributed by atoms with Crippen molar-refractivity contribution in [3.05, 3.63) is 36.2 Å². The summed E-state index contributed by atoms with van der Waals surface area (Å²) in [6, 6.07) is 1.45. The Hall–Kier alpha value is -2.04. The number of halogens is 1. The van der Waals surface area contributed by atoms with Crippen LogP contribution in [0.1, 0.15) is 25.8 Å². The first-order valence-electron chi connectivity index (χ1n) is 6.45. The molecule has 2 heterocycles. The molecule has 0 aromatic carbocycles. The van der Waals surface area contributed by atoms with Gasteiger partial charge in [0.2, 0.25) is 0 Å². The Morgan fingerprint density at radius 3 is 2.74 bits per heavy atom. The van der Waals surface area contributed by atoms with Crippen molar-refractivity contribution < 1.29 is 4.39 Å². The fourth-order valence-electron chi connectivity index (χ4n) is 2.01. The highest BCUT2D eigenvalue weighted by Gasteiger charge is 2.12. The SMILES string of the molecule is CCCc1c(NCC)ncnc1-c1cncc(F)c1. The fourth-order valence-corrected chi connectivity index (χ4v) is 2.01. The van der Waals surface area contributed by atoms with Crippen molar-refractivity contribution in [1.82, 2.24) is 15.0 Å². The minimum absolute atomic E-state index is 0.358. The van der Waals surface area contributed by atoms with Crippen molar-refractivity contribution in [2.45, 2.75) is 26.7 Å². The van der Waals surface area contributed by atoms with Crippen molar-refractivity contribution in [3.63, 3.8) is 0 Å². The van der Waals surface area contributed by atoms with E-state index in [1.165, 1.54) is 18.6 Å². The van der Waals surface area contributed by atoms with E-state index in [0.717, 1.165) is 36.5 Å². The fraction of sp³-hybridized carbons (Fsp3) is 0.357. The monoisotopic (exact) mass is 260 g/mol. The van der Waals surface area contributed by atoms with Crippen LogP contribution < -0.4 is 5.32 Å². The molecule has 0 spiro atoms. The highest BCUT2D eigenvalue weighted by atomic mass is 19.1. The quantitative estimate of drug-likeness (QED) is 0.897. The van der Waals surface area contributed by atoms with Crippen LogP contribution in [0.25, 0.3) is 11.3 Å². The number of aromatic nitrogens is 3. The summed E-state index contributed by atoms with van der Waals surface area (Å²) in [5, 5.41) is 3.22. The number of pyridine rings is 1. The third kappa shape index (κ3) is 3.05. The van der Waals surface area contributed by atoms with Gasteiger partial charge in [0.05, 0.1) is 11.9 Å². The minimum Gasteiger partial charge on any atom is -0.370 e. The van der Waals surface area contributed by atoms with E-state index in [1.54, 1.807) is 6.20 Å². The summed E-state index contributed by atoms with van der Waals surface area (Å²) in [7, 11) is 0. The van der Waals surface area contributed by atoms with Gasteiger partial charge in [0.15, 0.2) is 0 Å². The molecule has 0 bridgehead atoms. The largest absolute Gasteiger partial charge is 0.370 e. The van der Waals surface area contributed by atoms with Crippen LogP contribution >= 0.6 is 0 Å². The highest BCUT2D eigenvalue weighted by Crippen LogP contribution is 2.26. The summed E-state index contributed by atoms with van der Waals surface area (Å²) in [5.41, 5.74) is 2.45. The lowest BCUT2D eigenvalue weighted by molar-refractivity contribution is 0.622. The molecule has 1 N–H and O–H groups in total. The van der Waals surface area contributed by atoms with E-state index in [1.807, 2.05) is 6.92 Å². The number of nitrogens with zero attached hydrogens (tertiary/aromatic N) is 3. The molecule has 2 aromatic heterocycles.